The maximum Gasteiger partial charge on any atom is 0.417 e. The van der Waals surface area contributed by atoms with E-state index in [2.05, 4.69) is 10.3 Å². The zero-order chi connectivity index (χ0) is 24.7. The number of halogens is 3. The first-order chi connectivity index (χ1) is 16.7. The summed E-state index contributed by atoms with van der Waals surface area (Å²) in [4.78, 5) is 19.3. The second-order valence-electron chi connectivity index (χ2n) is 8.88. The number of carbonyl (C=O) groups excluding carboxylic acids is 1. The Kier molecular flexibility index (Phi) is 5.75. The molecule has 1 aromatic heterocycles. The first kappa shape index (κ1) is 23.0. The molecule has 0 unspecified atom stereocenters. The molecule has 35 heavy (non-hydrogen) atoms. The van der Waals surface area contributed by atoms with Gasteiger partial charge in [0.15, 0.2) is 5.58 Å². The van der Waals surface area contributed by atoms with Crippen LogP contribution in [-0.2, 0) is 6.18 Å². The van der Waals surface area contributed by atoms with Crippen molar-refractivity contribution >= 4 is 22.8 Å². The van der Waals surface area contributed by atoms with Gasteiger partial charge in [0.1, 0.15) is 11.6 Å². The summed E-state index contributed by atoms with van der Waals surface area (Å²) in [7, 11) is 0. The Morgan fingerprint density at radius 3 is 2.66 bits per heavy atom. The molecule has 0 spiro atoms. The summed E-state index contributed by atoms with van der Waals surface area (Å²) in [5.74, 6) is 0.384. The summed E-state index contributed by atoms with van der Waals surface area (Å²) in [6.45, 7) is 4.50. The third kappa shape index (κ3) is 4.48. The topological polar surface area (TPSA) is 58.4 Å². The third-order valence-electron chi connectivity index (χ3n) is 6.37. The number of carbonyl (C=O) groups is 1. The average molecular weight is 480 g/mol. The Bertz CT molecular complexity index is 1410. The van der Waals surface area contributed by atoms with E-state index in [9.17, 15) is 18.0 Å². The van der Waals surface area contributed by atoms with Crippen LogP contribution in [0.2, 0.25) is 0 Å². The number of nitrogens with zero attached hydrogens (tertiary/aromatic N) is 2. The number of urea groups is 1. The van der Waals surface area contributed by atoms with E-state index >= 15 is 0 Å². The van der Waals surface area contributed by atoms with Gasteiger partial charge in [0.25, 0.3) is 0 Å². The molecule has 1 atom stereocenters. The molecule has 5 rings (SSSR count). The number of alkyl halides is 3. The van der Waals surface area contributed by atoms with Crippen molar-refractivity contribution in [2.24, 2.45) is 0 Å². The normalized spacial score (nSPS) is 16.1. The van der Waals surface area contributed by atoms with E-state index in [1.165, 1.54) is 12.1 Å². The first-order valence-electron chi connectivity index (χ1n) is 11.4. The molecule has 4 aromatic rings. The number of aryl methyl sites for hydroxylation is 2. The van der Waals surface area contributed by atoms with Gasteiger partial charge in [0.05, 0.1) is 5.56 Å². The first-order valence-corrected chi connectivity index (χ1v) is 11.4. The highest BCUT2D eigenvalue weighted by molar-refractivity contribution is 5.90. The Morgan fingerprint density at radius 1 is 1.09 bits per heavy atom. The van der Waals surface area contributed by atoms with E-state index < -0.39 is 11.7 Å². The van der Waals surface area contributed by atoms with E-state index in [-0.39, 0.29) is 17.6 Å². The molecule has 5 nitrogen and oxygen atoms in total. The Hall–Kier alpha value is -3.81. The Balaban J connectivity index is 1.43. The molecule has 2 heterocycles. The quantitative estimate of drug-likeness (QED) is 0.331. The monoisotopic (exact) mass is 479 g/mol. The highest BCUT2D eigenvalue weighted by Gasteiger charge is 2.35. The molecule has 1 aliphatic heterocycles. The molecule has 0 saturated carbocycles. The number of oxazole rings is 1. The SMILES string of the molecule is Cc1ccc(NC(=O)N2CCC[C@H]2c2nc3cc(-c4ccccc4C(F)(F)F)ccc3o2)c(C)c1. The van der Waals surface area contributed by atoms with Crippen LogP contribution in [0.5, 0.6) is 0 Å². The van der Waals surface area contributed by atoms with Gasteiger partial charge in [-0.05, 0) is 67.6 Å². The molecule has 0 aliphatic carbocycles. The van der Waals surface area contributed by atoms with E-state index in [0.29, 0.717) is 35.5 Å². The van der Waals surface area contributed by atoms with E-state index in [4.69, 9.17) is 4.42 Å². The van der Waals surface area contributed by atoms with Crippen molar-refractivity contribution in [2.75, 3.05) is 11.9 Å². The fraction of sp³-hybridized carbons (Fsp3) is 0.259. The second-order valence-corrected chi connectivity index (χ2v) is 8.88. The molecule has 3 aromatic carbocycles. The van der Waals surface area contributed by atoms with Gasteiger partial charge in [-0.2, -0.15) is 13.2 Å². The fourth-order valence-corrected chi connectivity index (χ4v) is 4.64. The molecule has 0 bridgehead atoms. The highest BCUT2D eigenvalue weighted by Crippen LogP contribution is 2.39. The van der Waals surface area contributed by atoms with Crippen molar-refractivity contribution in [3.05, 3.63) is 83.2 Å². The van der Waals surface area contributed by atoms with Gasteiger partial charge in [0, 0.05) is 12.2 Å². The summed E-state index contributed by atoms with van der Waals surface area (Å²) in [5.41, 5.74) is 3.55. The van der Waals surface area contributed by atoms with Gasteiger partial charge in [-0.15, -0.1) is 0 Å². The number of rotatable bonds is 3. The molecule has 1 N–H and O–H groups in total. The van der Waals surface area contributed by atoms with Crippen LogP contribution >= 0.6 is 0 Å². The van der Waals surface area contributed by atoms with Crippen LogP contribution < -0.4 is 5.32 Å². The van der Waals surface area contributed by atoms with Crippen LogP contribution in [-0.4, -0.2) is 22.5 Å². The van der Waals surface area contributed by atoms with Crippen molar-refractivity contribution < 1.29 is 22.4 Å². The van der Waals surface area contributed by atoms with Crippen molar-refractivity contribution in [1.82, 2.24) is 9.88 Å². The molecule has 2 amide bonds. The number of benzene rings is 3. The lowest BCUT2D eigenvalue weighted by Gasteiger charge is -2.23. The van der Waals surface area contributed by atoms with Gasteiger partial charge >= 0.3 is 12.2 Å². The van der Waals surface area contributed by atoms with Crippen LogP contribution in [0.4, 0.5) is 23.7 Å². The third-order valence-corrected chi connectivity index (χ3v) is 6.37. The minimum absolute atomic E-state index is 0.0850. The largest absolute Gasteiger partial charge is 0.438 e. The number of hydrogen-bond acceptors (Lipinski definition) is 3. The van der Waals surface area contributed by atoms with Crippen molar-refractivity contribution in [1.29, 1.82) is 0 Å². The van der Waals surface area contributed by atoms with Crippen LogP contribution in [0, 0.1) is 13.8 Å². The standard InChI is InChI=1S/C27H24F3N3O2/c1-16-9-11-21(17(2)14-16)32-26(34)33-13-5-8-23(33)25-31-22-15-18(10-12-24(22)35-25)19-6-3-4-7-20(19)27(28,29)30/h3-4,6-7,9-12,14-15,23H,5,8,13H2,1-2H3,(H,32,34)/t23-/m0/s1. The molecule has 0 radical (unpaired) electrons. The minimum atomic E-state index is -4.46. The zero-order valence-electron chi connectivity index (χ0n) is 19.3. The number of anilines is 1. The van der Waals surface area contributed by atoms with Crippen molar-refractivity contribution in [3.63, 3.8) is 0 Å². The lowest BCUT2D eigenvalue weighted by molar-refractivity contribution is -0.137. The number of likely N-dealkylation sites (tertiary alicyclic amines) is 1. The number of nitrogens with one attached hydrogen (secondary N) is 1. The molecular weight excluding hydrogens is 455 g/mol. The summed E-state index contributed by atoms with van der Waals surface area (Å²) >= 11 is 0. The molecule has 1 aliphatic rings. The van der Waals surface area contributed by atoms with Crippen LogP contribution in [0.3, 0.4) is 0 Å². The van der Waals surface area contributed by atoms with Crippen molar-refractivity contribution in [2.45, 2.75) is 38.9 Å². The molecular formula is C27H24F3N3O2. The van der Waals surface area contributed by atoms with E-state index in [1.807, 2.05) is 32.0 Å². The van der Waals surface area contributed by atoms with Gasteiger partial charge in [-0.1, -0.05) is 42.0 Å². The molecule has 1 fully saturated rings. The number of hydrogen-bond donors (Lipinski definition) is 1. The highest BCUT2D eigenvalue weighted by atomic mass is 19.4. The summed E-state index contributed by atoms with van der Waals surface area (Å²) in [6, 6.07) is 15.5. The zero-order valence-corrected chi connectivity index (χ0v) is 19.3. The fourth-order valence-electron chi connectivity index (χ4n) is 4.64. The van der Waals surface area contributed by atoms with Crippen LogP contribution in [0.15, 0.2) is 65.1 Å². The minimum Gasteiger partial charge on any atom is -0.438 e. The summed E-state index contributed by atoms with van der Waals surface area (Å²) in [5, 5.41) is 2.97. The number of amides is 2. The smallest absolute Gasteiger partial charge is 0.417 e. The number of fused-ring (bicyclic) bond motifs is 1. The Morgan fingerprint density at radius 2 is 1.89 bits per heavy atom. The number of aromatic nitrogens is 1. The Labute approximate surface area is 200 Å². The van der Waals surface area contributed by atoms with Gasteiger partial charge in [-0.25, -0.2) is 9.78 Å². The predicted octanol–water partition coefficient (Wildman–Crippen LogP) is 7.50. The van der Waals surface area contributed by atoms with E-state index in [1.54, 1.807) is 29.2 Å². The average Bonchev–Trinajstić information content (AvgIpc) is 3.46. The lowest BCUT2D eigenvalue weighted by atomic mass is 9.99. The maximum atomic E-state index is 13.5. The predicted molar refractivity (Wildman–Crippen MR) is 128 cm³/mol. The van der Waals surface area contributed by atoms with Crippen LogP contribution in [0.25, 0.3) is 22.2 Å². The van der Waals surface area contributed by atoms with Gasteiger partial charge in [0.2, 0.25) is 5.89 Å². The molecule has 1 saturated heterocycles. The summed E-state index contributed by atoms with van der Waals surface area (Å²) < 4.78 is 46.5. The van der Waals surface area contributed by atoms with Crippen molar-refractivity contribution in [3.8, 4) is 11.1 Å². The lowest BCUT2D eigenvalue weighted by Crippen LogP contribution is -2.34. The molecule has 8 heteroatoms. The summed E-state index contributed by atoms with van der Waals surface area (Å²) in [6.07, 6.45) is -2.97. The molecule has 180 valence electrons. The maximum absolute atomic E-state index is 13.5. The van der Waals surface area contributed by atoms with Gasteiger partial charge in [-0.3, -0.25) is 0 Å². The van der Waals surface area contributed by atoms with E-state index in [0.717, 1.165) is 29.3 Å². The van der Waals surface area contributed by atoms with Gasteiger partial charge < -0.3 is 14.6 Å². The van der Waals surface area contributed by atoms with Crippen LogP contribution in [0.1, 0.15) is 41.5 Å². The second kappa shape index (κ2) is 8.76.